The molecule has 88 valence electrons. The minimum Gasteiger partial charge on any atom is -0.397 e. The van der Waals surface area contributed by atoms with E-state index in [1.807, 2.05) is 43.9 Å². The normalized spacial score (nSPS) is 10.5. The number of hydrogen-bond acceptors (Lipinski definition) is 3. The SMILES string of the molecule is Cc1ccc(N(CC(N)=O)C(C)C)c(N)c1. The van der Waals surface area contributed by atoms with E-state index in [0.29, 0.717) is 5.69 Å². The molecule has 0 aliphatic heterocycles. The second-order valence-corrected chi connectivity index (χ2v) is 4.25. The summed E-state index contributed by atoms with van der Waals surface area (Å²) in [5, 5.41) is 0. The summed E-state index contributed by atoms with van der Waals surface area (Å²) >= 11 is 0. The van der Waals surface area contributed by atoms with Gasteiger partial charge >= 0.3 is 0 Å². The zero-order chi connectivity index (χ0) is 12.3. The van der Waals surface area contributed by atoms with E-state index in [-0.39, 0.29) is 18.5 Å². The number of aryl methyl sites for hydroxylation is 1. The lowest BCUT2D eigenvalue weighted by Gasteiger charge is -2.28. The smallest absolute Gasteiger partial charge is 0.236 e. The van der Waals surface area contributed by atoms with Crippen LogP contribution in [0.3, 0.4) is 0 Å². The average Bonchev–Trinajstić information content (AvgIpc) is 2.14. The van der Waals surface area contributed by atoms with Crippen molar-refractivity contribution in [2.75, 3.05) is 17.2 Å². The molecule has 4 nitrogen and oxygen atoms in total. The van der Waals surface area contributed by atoms with Crippen LogP contribution in [0.1, 0.15) is 19.4 Å². The van der Waals surface area contributed by atoms with E-state index in [0.717, 1.165) is 11.3 Å². The number of amides is 1. The number of carbonyl (C=O) groups excluding carboxylic acids is 1. The number of benzene rings is 1. The van der Waals surface area contributed by atoms with Crippen molar-refractivity contribution in [3.05, 3.63) is 23.8 Å². The van der Waals surface area contributed by atoms with E-state index in [9.17, 15) is 4.79 Å². The van der Waals surface area contributed by atoms with Crippen LogP contribution < -0.4 is 16.4 Å². The molecule has 0 heterocycles. The van der Waals surface area contributed by atoms with Crippen LogP contribution in [0.2, 0.25) is 0 Å². The summed E-state index contributed by atoms with van der Waals surface area (Å²) in [5.74, 6) is -0.353. The van der Waals surface area contributed by atoms with Gasteiger partial charge in [0.25, 0.3) is 0 Å². The predicted molar refractivity (Wildman–Crippen MR) is 67.3 cm³/mol. The molecular formula is C12H19N3O. The van der Waals surface area contributed by atoms with Crippen LogP contribution in [0.5, 0.6) is 0 Å². The molecule has 1 aromatic carbocycles. The van der Waals surface area contributed by atoms with E-state index < -0.39 is 0 Å². The zero-order valence-corrected chi connectivity index (χ0v) is 10.0. The number of primary amides is 1. The first-order chi connectivity index (χ1) is 7.41. The number of anilines is 2. The summed E-state index contributed by atoms with van der Waals surface area (Å²) < 4.78 is 0. The van der Waals surface area contributed by atoms with Crippen LogP contribution >= 0.6 is 0 Å². The molecule has 1 amide bonds. The van der Waals surface area contributed by atoms with Gasteiger partial charge in [0.15, 0.2) is 0 Å². The first kappa shape index (κ1) is 12.4. The van der Waals surface area contributed by atoms with E-state index in [4.69, 9.17) is 11.5 Å². The van der Waals surface area contributed by atoms with Gasteiger partial charge in [0.1, 0.15) is 0 Å². The van der Waals surface area contributed by atoms with Gasteiger partial charge in [-0.25, -0.2) is 0 Å². The third kappa shape index (κ3) is 2.89. The lowest BCUT2D eigenvalue weighted by atomic mass is 10.1. The molecule has 0 atom stereocenters. The van der Waals surface area contributed by atoms with Crippen LogP contribution in [-0.4, -0.2) is 18.5 Å². The molecule has 4 N–H and O–H groups in total. The second kappa shape index (κ2) is 4.88. The number of nitrogens with zero attached hydrogens (tertiary/aromatic N) is 1. The van der Waals surface area contributed by atoms with Crippen molar-refractivity contribution in [1.29, 1.82) is 0 Å². The number of nitrogen functional groups attached to an aromatic ring is 1. The molecule has 0 saturated carbocycles. The van der Waals surface area contributed by atoms with Gasteiger partial charge in [0.2, 0.25) is 5.91 Å². The fourth-order valence-corrected chi connectivity index (χ4v) is 1.65. The van der Waals surface area contributed by atoms with Gasteiger partial charge in [0.05, 0.1) is 17.9 Å². The maximum atomic E-state index is 11.0. The molecule has 0 fully saturated rings. The van der Waals surface area contributed by atoms with Crippen molar-refractivity contribution in [3.63, 3.8) is 0 Å². The van der Waals surface area contributed by atoms with Gasteiger partial charge in [-0.1, -0.05) is 6.07 Å². The molecular weight excluding hydrogens is 202 g/mol. The first-order valence-corrected chi connectivity index (χ1v) is 5.33. The first-order valence-electron chi connectivity index (χ1n) is 5.33. The van der Waals surface area contributed by atoms with Crippen LogP contribution in [0.15, 0.2) is 18.2 Å². The predicted octanol–water partition coefficient (Wildman–Crippen LogP) is 1.28. The molecule has 16 heavy (non-hydrogen) atoms. The van der Waals surface area contributed by atoms with Crippen molar-refractivity contribution in [2.24, 2.45) is 5.73 Å². The largest absolute Gasteiger partial charge is 0.397 e. The fraction of sp³-hybridized carbons (Fsp3) is 0.417. The Labute approximate surface area is 96.2 Å². The van der Waals surface area contributed by atoms with Crippen LogP contribution in [-0.2, 0) is 4.79 Å². The summed E-state index contributed by atoms with van der Waals surface area (Å²) in [4.78, 5) is 12.9. The Morgan fingerprint density at radius 2 is 2.06 bits per heavy atom. The maximum Gasteiger partial charge on any atom is 0.236 e. The molecule has 0 aromatic heterocycles. The Bertz CT molecular complexity index is 388. The van der Waals surface area contributed by atoms with Gasteiger partial charge in [-0.05, 0) is 38.5 Å². The minimum atomic E-state index is -0.353. The fourth-order valence-electron chi connectivity index (χ4n) is 1.65. The Kier molecular flexibility index (Phi) is 3.77. The van der Waals surface area contributed by atoms with Gasteiger partial charge in [-0.2, -0.15) is 0 Å². The average molecular weight is 221 g/mol. The van der Waals surface area contributed by atoms with Gasteiger partial charge in [-0.3, -0.25) is 4.79 Å². The standard InChI is InChI=1S/C12H19N3O/c1-8(2)15(7-12(14)16)11-5-4-9(3)6-10(11)13/h4-6,8H,7,13H2,1-3H3,(H2,14,16). The maximum absolute atomic E-state index is 11.0. The third-order valence-corrected chi connectivity index (χ3v) is 2.44. The molecule has 1 rings (SSSR count). The highest BCUT2D eigenvalue weighted by atomic mass is 16.1. The summed E-state index contributed by atoms with van der Waals surface area (Å²) in [6.07, 6.45) is 0. The van der Waals surface area contributed by atoms with Gasteiger partial charge in [0, 0.05) is 6.04 Å². The van der Waals surface area contributed by atoms with Gasteiger partial charge in [-0.15, -0.1) is 0 Å². The Hall–Kier alpha value is -1.71. The molecule has 0 aliphatic rings. The monoisotopic (exact) mass is 221 g/mol. The third-order valence-electron chi connectivity index (χ3n) is 2.44. The topological polar surface area (TPSA) is 72.3 Å². The number of rotatable bonds is 4. The second-order valence-electron chi connectivity index (χ2n) is 4.25. The summed E-state index contributed by atoms with van der Waals surface area (Å²) in [6.45, 7) is 6.17. The van der Waals surface area contributed by atoms with E-state index in [1.54, 1.807) is 0 Å². The Morgan fingerprint density at radius 1 is 1.44 bits per heavy atom. The van der Waals surface area contributed by atoms with Crippen molar-refractivity contribution in [3.8, 4) is 0 Å². The van der Waals surface area contributed by atoms with Crippen molar-refractivity contribution in [1.82, 2.24) is 0 Å². The Balaban J connectivity index is 3.05. The minimum absolute atomic E-state index is 0.178. The molecule has 0 aliphatic carbocycles. The molecule has 0 radical (unpaired) electrons. The molecule has 0 saturated heterocycles. The van der Waals surface area contributed by atoms with Crippen LogP contribution in [0, 0.1) is 6.92 Å². The summed E-state index contributed by atoms with van der Waals surface area (Å²) in [6, 6.07) is 5.97. The van der Waals surface area contributed by atoms with Crippen LogP contribution in [0.4, 0.5) is 11.4 Å². The highest BCUT2D eigenvalue weighted by Crippen LogP contribution is 2.25. The highest BCUT2D eigenvalue weighted by Gasteiger charge is 2.15. The molecule has 0 unspecified atom stereocenters. The van der Waals surface area contributed by atoms with E-state index >= 15 is 0 Å². The van der Waals surface area contributed by atoms with E-state index in [2.05, 4.69) is 0 Å². The van der Waals surface area contributed by atoms with Crippen molar-refractivity contribution >= 4 is 17.3 Å². The number of nitrogens with two attached hydrogens (primary N) is 2. The number of carbonyl (C=O) groups is 1. The Morgan fingerprint density at radius 3 is 2.50 bits per heavy atom. The lowest BCUT2D eigenvalue weighted by molar-refractivity contribution is -0.116. The summed E-state index contributed by atoms with van der Waals surface area (Å²) in [5.41, 5.74) is 13.8. The number of hydrogen-bond donors (Lipinski definition) is 2. The molecule has 0 bridgehead atoms. The highest BCUT2D eigenvalue weighted by molar-refractivity contribution is 5.82. The van der Waals surface area contributed by atoms with E-state index in [1.165, 1.54) is 0 Å². The summed E-state index contributed by atoms with van der Waals surface area (Å²) in [7, 11) is 0. The molecule has 1 aromatic rings. The van der Waals surface area contributed by atoms with Crippen molar-refractivity contribution in [2.45, 2.75) is 26.8 Å². The zero-order valence-electron chi connectivity index (χ0n) is 10.0. The molecule has 4 heteroatoms. The van der Waals surface area contributed by atoms with Gasteiger partial charge < -0.3 is 16.4 Å². The van der Waals surface area contributed by atoms with Crippen LogP contribution in [0.25, 0.3) is 0 Å². The van der Waals surface area contributed by atoms with Crippen molar-refractivity contribution < 1.29 is 4.79 Å². The molecule has 0 spiro atoms. The quantitative estimate of drug-likeness (QED) is 0.752. The lowest BCUT2D eigenvalue weighted by Crippen LogP contribution is -2.39.